The molecule has 10 nitrogen and oxygen atoms in total. The Kier molecular flexibility index (Phi) is 12.4. The standard InChI is InChI=1S/C37H36O10/c38-22-26-2-10-28(11-3-26)36(44)30-20-24(6-14-32(30)40)8-16-34(42)46-18-1-19-47-35(43)17-9-25-7-15-33(41)31(21-25)37(45)29-12-4-27(23-39)5-13-29/h2-7,10-15,20-21,38-41H,1,8-9,16-19,22-23H2. The lowest BCUT2D eigenvalue weighted by atomic mass is 9.98. The molecule has 47 heavy (non-hydrogen) atoms. The summed E-state index contributed by atoms with van der Waals surface area (Å²) in [6.45, 7) is -0.179. The van der Waals surface area contributed by atoms with Gasteiger partial charge in [-0.2, -0.15) is 0 Å². The molecule has 0 aliphatic rings. The Morgan fingerprint density at radius 1 is 0.511 bits per heavy atom. The molecule has 0 heterocycles. The second-order valence-corrected chi connectivity index (χ2v) is 10.9. The minimum Gasteiger partial charge on any atom is -0.507 e. The molecule has 4 aromatic carbocycles. The average molecular weight is 641 g/mol. The molecule has 0 aliphatic carbocycles. The van der Waals surface area contributed by atoms with E-state index in [9.17, 15) is 39.6 Å². The van der Waals surface area contributed by atoms with E-state index in [0.29, 0.717) is 52.6 Å². The maximum atomic E-state index is 12.9. The summed E-state index contributed by atoms with van der Waals surface area (Å²) in [5.74, 6) is -2.03. The smallest absolute Gasteiger partial charge is 0.306 e. The number of hydrogen-bond acceptors (Lipinski definition) is 10. The first-order valence-corrected chi connectivity index (χ1v) is 15.1. The molecule has 0 spiro atoms. The van der Waals surface area contributed by atoms with Gasteiger partial charge in [0.15, 0.2) is 11.6 Å². The van der Waals surface area contributed by atoms with E-state index < -0.39 is 11.9 Å². The van der Waals surface area contributed by atoms with Gasteiger partial charge in [0.25, 0.3) is 0 Å². The van der Waals surface area contributed by atoms with Crippen LogP contribution < -0.4 is 0 Å². The molecule has 10 heteroatoms. The van der Waals surface area contributed by atoms with E-state index in [-0.39, 0.29) is 73.5 Å². The average Bonchev–Trinajstić information content (AvgIpc) is 3.10. The Balaban J connectivity index is 1.15. The third-order valence-corrected chi connectivity index (χ3v) is 7.46. The van der Waals surface area contributed by atoms with Gasteiger partial charge in [0.05, 0.1) is 37.6 Å². The molecule has 4 aromatic rings. The second-order valence-electron chi connectivity index (χ2n) is 10.9. The van der Waals surface area contributed by atoms with Gasteiger partial charge in [-0.15, -0.1) is 0 Å². The summed E-state index contributed by atoms with van der Waals surface area (Å²) in [6.07, 6.45) is 0.983. The third-order valence-electron chi connectivity index (χ3n) is 7.46. The SMILES string of the molecule is O=C(CCc1ccc(O)c(C(=O)c2ccc(CO)cc2)c1)OCCCOC(=O)CCc1ccc(O)c(C(=O)c2ccc(CO)cc2)c1. The Morgan fingerprint density at radius 2 is 0.872 bits per heavy atom. The third kappa shape index (κ3) is 9.83. The van der Waals surface area contributed by atoms with Gasteiger partial charge in [0, 0.05) is 30.4 Å². The molecule has 0 unspecified atom stereocenters. The van der Waals surface area contributed by atoms with Gasteiger partial charge in [-0.3, -0.25) is 19.2 Å². The van der Waals surface area contributed by atoms with Crippen molar-refractivity contribution >= 4 is 23.5 Å². The van der Waals surface area contributed by atoms with Crippen molar-refractivity contribution in [1.82, 2.24) is 0 Å². The first-order chi connectivity index (χ1) is 22.7. The van der Waals surface area contributed by atoms with Crippen LogP contribution in [0.1, 0.15) is 73.4 Å². The Hall–Kier alpha value is -5.32. The highest BCUT2D eigenvalue weighted by molar-refractivity contribution is 6.11. The van der Waals surface area contributed by atoms with Crippen LogP contribution in [-0.2, 0) is 45.1 Å². The number of aliphatic hydroxyl groups excluding tert-OH is 2. The number of ketones is 2. The molecule has 244 valence electrons. The van der Waals surface area contributed by atoms with Gasteiger partial charge < -0.3 is 29.9 Å². The summed E-state index contributed by atoms with van der Waals surface area (Å²) in [4.78, 5) is 50.2. The summed E-state index contributed by atoms with van der Waals surface area (Å²) in [5, 5.41) is 38.8. The van der Waals surface area contributed by atoms with Crippen molar-refractivity contribution in [3.05, 3.63) is 129 Å². The Bertz CT molecular complexity index is 1580. The molecule has 0 saturated carbocycles. The van der Waals surface area contributed by atoms with E-state index >= 15 is 0 Å². The molecule has 0 aliphatic heterocycles. The summed E-state index contributed by atoms with van der Waals surface area (Å²) < 4.78 is 10.5. The largest absolute Gasteiger partial charge is 0.507 e. The van der Waals surface area contributed by atoms with Gasteiger partial charge in [-0.1, -0.05) is 60.7 Å². The van der Waals surface area contributed by atoms with E-state index in [0.717, 1.165) is 0 Å². The zero-order valence-electron chi connectivity index (χ0n) is 25.7. The van der Waals surface area contributed by atoms with Crippen LogP contribution >= 0.6 is 0 Å². The highest BCUT2D eigenvalue weighted by Gasteiger charge is 2.17. The highest BCUT2D eigenvalue weighted by atomic mass is 16.5. The predicted octanol–water partition coefficient (Wildman–Crippen LogP) is 4.59. The number of aryl methyl sites for hydroxylation is 2. The summed E-state index contributed by atoms with van der Waals surface area (Å²) in [5.41, 5.74) is 3.61. The van der Waals surface area contributed by atoms with Gasteiger partial charge in [0.2, 0.25) is 0 Å². The van der Waals surface area contributed by atoms with Crippen LogP contribution in [0.15, 0.2) is 84.9 Å². The minimum atomic E-state index is -0.459. The van der Waals surface area contributed by atoms with E-state index in [1.54, 1.807) is 72.8 Å². The monoisotopic (exact) mass is 640 g/mol. The number of ether oxygens (including phenoxy) is 2. The summed E-state index contributed by atoms with van der Waals surface area (Å²) in [6, 6.07) is 22.0. The lowest BCUT2D eigenvalue weighted by Gasteiger charge is -2.09. The zero-order chi connectivity index (χ0) is 33.8. The van der Waals surface area contributed by atoms with Crippen LogP contribution in [0.5, 0.6) is 11.5 Å². The molecule has 4 rings (SSSR count). The number of carbonyl (C=O) groups is 4. The maximum absolute atomic E-state index is 12.9. The number of benzene rings is 4. The first kappa shape index (κ1) is 34.6. The molecular formula is C37H36O10. The molecule has 0 atom stereocenters. The molecule has 0 fully saturated rings. The Morgan fingerprint density at radius 3 is 1.23 bits per heavy atom. The molecule has 0 bridgehead atoms. The summed E-state index contributed by atoms with van der Waals surface area (Å²) in [7, 11) is 0. The number of rotatable bonds is 16. The molecule has 4 N–H and O–H groups in total. The molecule has 0 radical (unpaired) electrons. The fourth-order valence-corrected chi connectivity index (χ4v) is 4.74. The fraction of sp³-hybridized carbons (Fsp3) is 0.243. The molecule has 0 saturated heterocycles. The number of hydrogen-bond donors (Lipinski definition) is 4. The van der Waals surface area contributed by atoms with Crippen LogP contribution in [0.2, 0.25) is 0 Å². The van der Waals surface area contributed by atoms with Crippen molar-refractivity contribution in [2.45, 2.75) is 45.3 Å². The highest BCUT2D eigenvalue weighted by Crippen LogP contribution is 2.24. The molecular weight excluding hydrogens is 604 g/mol. The number of phenolic OH excluding ortho intramolecular Hbond substituents is 2. The Labute approximate surface area is 271 Å². The van der Waals surface area contributed by atoms with Gasteiger partial charge in [-0.05, 0) is 59.4 Å². The lowest BCUT2D eigenvalue weighted by molar-refractivity contribution is -0.146. The minimum absolute atomic E-state index is 0.0501. The molecule has 0 amide bonds. The van der Waals surface area contributed by atoms with Crippen LogP contribution in [0.4, 0.5) is 0 Å². The lowest BCUT2D eigenvalue weighted by Crippen LogP contribution is -2.12. The maximum Gasteiger partial charge on any atom is 0.306 e. The van der Waals surface area contributed by atoms with Crippen molar-refractivity contribution in [2.75, 3.05) is 13.2 Å². The fourth-order valence-electron chi connectivity index (χ4n) is 4.74. The van der Waals surface area contributed by atoms with Crippen LogP contribution in [-0.4, -0.2) is 57.1 Å². The van der Waals surface area contributed by atoms with E-state index in [1.807, 2.05) is 0 Å². The number of aliphatic hydroxyl groups is 2. The predicted molar refractivity (Wildman–Crippen MR) is 171 cm³/mol. The number of esters is 2. The normalized spacial score (nSPS) is 10.8. The van der Waals surface area contributed by atoms with Crippen LogP contribution in [0, 0.1) is 0 Å². The van der Waals surface area contributed by atoms with E-state index in [4.69, 9.17) is 9.47 Å². The first-order valence-electron chi connectivity index (χ1n) is 15.1. The van der Waals surface area contributed by atoms with Crippen LogP contribution in [0.3, 0.4) is 0 Å². The topological polar surface area (TPSA) is 168 Å². The van der Waals surface area contributed by atoms with Gasteiger partial charge in [-0.25, -0.2) is 0 Å². The van der Waals surface area contributed by atoms with E-state index in [1.165, 1.54) is 12.1 Å². The van der Waals surface area contributed by atoms with Crippen molar-refractivity contribution < 1.29 is 49.1 Å². The number of phenols is 2. The second kappa shape index (κ2) is 16.8. The van der Waals surface area contributed by atoms with E-state index in [2.05, 4.69) is 0 Å². The zero-order valence-corrected chi connectivity index (χ0v) is 25.7. The van der Waals surface area contributed by atoms with Crippen molar-refractivity contribution in [1.29, 1.82) is 0 Å². The van der Waals surface area contributed by atoms with Crippen molar-refractivity contribution in [2.24, 2.45) is 0 Å². The van der Waals surface area contributed by atoms with Crippen molar-refractivity contribution in [3.63, 3.8) is 0 Å². The molecule has 0 aromatic heterocycles. The van der Waals surface area contributed by atoms with Crippen molar-refractivity contribution in [3.8, 4) is 11.5 Å². The van der Waals surface area contributed by atoms with Gasteiger partial charge >= 0.3 is 11.9 Å². The van der Waals surface area contributed by atoms with Crippen LogP contribution in [0.25, 0.3) is 0 Å². The number of aromatic hydroxyl groups is 2. The summed E-state index contributed by atoms with van der Waals surface area (Å²) >= 11 is 0. The quantitative estimate of drug-likeness (QED) is 0.0773. The van der Waals surface area contributed by atoms with Gasteiger partial charge in [0.1, 0.15) is 11.5 Å². The number of carbonyl (C=O) groups excluding carboxylic acids is 4.